The van der Waals surface area contributed by atoms with Gasteiger partial charge in [0, 0.05) is 0 Å². The average molecular weight is 338 g/mol. The minimum atomic E-state index is -0.251. The van der Waals surface area contributed by atoms with Crippen LogP contribution in [0.5, 0.6) is 0 Å². The molecule has 25 heavy (non-hydrogen) atoms. The zero-order chi connectivity index (χ0) is 17.2. The minimum absolute atomic E-state index is 0.0546. The lowest BCUT2D eigenvalue weighted by Gasteiger charge is -2.14. The Balaban J connectivity index is 1.41. The van der Waals surface area contributed by atoms with Crippen molar-refractivity contribution in [3.05, 3.63) is 53.6 Å². The number of aliphatic imine (C=N–C) groups is 1. The molecule has 0 bridgehead atoms. The normalized spacial score (nSPS) is 17.7. The molecule has 1 aliphatic heterocycles. The fraction of sp³-hybridized carbons (Fsp3) is 0.333. The number of aromatic nitrogens is 3. The quantitative estimate of drug-likeness (QED) is 0.874. The van der Waals surface area contributed by atoms with Crippen molar-refractivity contribution in [2.24, 2.45) is 10.9 Å². The fourth-order valence-corrected chi connectivity index (χ4v) is 2.79. The van der Waals surface area contributed by atoms with E-state index in [-0.39, 0.29) is 11.9 Å². The molecule has 7 heteroatoms. The maximum Gasteiger partial charge on any atom is 0.233 e. The minimum Gasteiger partial charge on any atom is -0.348 e. The Labute approximate surface area is 145 Å². The molecule has 2 heterocycles. The molecule has 2 aromatic rings. The molecule has 0 unspecified atom stereocenters. The van der Waals surface area contributed by atoms with E-state index in [0.29, 0.717) is 11.9 Å². The van der Waals surface area contributed by atoms with Crippen molar-refractivity contribution in [2.75, 3.05) is 17.2 Å². The Bertz CT molecular complexity index is 826. The predicted octanol–water partition coefficient (Wildman–Crippen LogP) is 3.34. The Hall–Kier alpha value is -2.83. The first-order valence-corrected chi connectivity index (χ1v) is 8.40. The monoisotopic (exact) mass is 338 g/mol. The average Bonchev–Trinajstić information content (AvgIpc) is 3.36. The zero-order valence-corrected chi connectivity index (χ0v) is 13.9. The van der Waals surface area contributed by atoms with Crippen molar-refractivity contribution in [3.63, 3.8) is 0 Å². The molecule has 0 radical (unpaired) electrons. The van der Waals surface area contributed by atoms with Gasteiger partial charge in [-0.3, -0.25) is 4.99 Å². The third kappa shape index (κ3) is 3.81. The molecule has 1 atom stereocenters. The highest BCUT2D eigenvalue weighted by Crippen LogP contribution is 2.37. The largest absolute Gasteiger partial charge is 0.348 e. The first-order chi connectivity index (χ1) is 12.2. The molecular weight excluding hydrogens is 319 g/mol. The molecule has 0 amide bonds. The van der Waals surface area contributed by atoms with Crippen molar-refractivity contribution in [1.82, 2.24) is 15.0 Å². The second-order valence-corrected chi connectivity index (χ2v) is 6.37. The number of nitrogens with zero attached hydrogens (tertiary/aromatic N) is 4. The van der Waals surface area contributed by atoms with Gasteiger partial charge < -0.3 is 10.6 Å². The molecule has 0 spiro atoms. The second-order valence-electron chi connectivity index (χ2n) is 6.37. The third-order valence-electron chi connectivity index (χ3n) is 4.38. The number of amidine groups is 1. The van der Waals surface area contributed by atoms with Crippen LogP contribution < -0.4 is 10.6 Å². The summed E-state index contributed by atoms with van der Waals surface area (Å²) in [4.78, 5) is 17.1. The van der Waals surface area contributed by atoms with Gasteiger partial charge in [-0.15, -0.1) is 0 Å². The van der Waals surface area contributed by atoms with E-state index in [1.165, 1.54) is 36.9 Å². The summed E-state index contributed by atoms with van der Waals surface area (Å²) in [5.41, 5.74) is 2.34. The molecule has 1 aliphatic carbocycles. The highest BCUT2D eigenvalue weighted by atomic mass is 19.1. The summed E-state index contributed by atoms with van der Waals surface area (Å²) in [5, 5.41) is 6.34. The summed E-state index contributed by atoms with van der Waals surface area (Å²) in [7, 11) is 0. The van der Waals surface area contributed by atoms with E-state index in [4.69, 9.17) is 0 Å². The van der Waals surface area contributed by atoms with Crippen molar-refractivity contribution in [2.45, 2.75) is 25.8 Å². The van der Waals surface area contributed by atoms with Crippen molar-refractivity contribution >= 4 is 17.7 Å². The van der Waals surface area contributed by atoms with Gasteiger partial charge in [-0.25, -0.2) is 14.4 Å². The lowest BCUT2D eigenvalue weighted by atomic mass is 10.1. The van der Waals surface area contributed by atoms with E-state index in [0.717, 1.165) is 23.9 Å². The van der Waals surface area contributed by atoms with Crippen molar-refractivity contribution < 1.29 is 4.39 Å². The Morgan fingerprint density at radius 3 is 2.64 bits per heavy atom. The molecular formula is C18H19FN6. The van der Waals surface area contributed by atoms with Gasteiger partial charge in [0.25, 0.3) is 0 Å². The van der Waals surface area contributed by atoms with E-state index >= 15 is 0 Å². The Morgan fingerprint density at radius 1 is 1.12 bits per heavy atom. The fourth-order valence-electron chi connectivity index (χ4n) is 2.79. The van der Waals surface area contributed by atoms with Crippen LogP contribution in [0, 0.1) is 11.7 Å². The molecule has 0 saturated heterocycles. The molecule has 2 N–H and O–H groups in total. The third-order valence-corrected chi connectivity index (χ3v) is 4.38. The predicted molar refractivity (Wildman–Crippen MR) is 95.0 cm³/mol. The van der Waals surface area contributed by atoms with Crippen LogP contribution in [0.15, 0.2) is 47.2 Å². The smallest absolute Gasteiger partial charge is 0.233 e. The molecule has 128 valence electrons. The van der Waals surface area contributed by atoms with Crippen LogP contribution in [0.4, 0.5) is 16.3 Å². The van der Waals surface area contributed by atoms with E-state index in [9.17, 15) is 4.39 Å². The molecule has 1 fully saturated rings. The summed E-state index contributed by atoms with van der Waals surface area (Å²) in [6, 6.07) is 6.31. The first-order valence-electron chi connectivity index (χ1n) is 8.40. The molecule has 1 aromatic carbocycles. The number of halogens is 1. The number of nitrogens with one attached hydrogen (secondary N) is 2. The highest BCUT2D eigenvalue weighted by molar-refractivity contribution is 6.04. The van der Waals surface area contributed by atoms with Crippen LogP contribution in [-0.2, 0) is 0 Å². The standard InChI is InChI=1S/C18H19FN6/c1-11(12-4-6-15(19)7-5-12)23-17-21-10-22-18(25-17)24-16-8-14(9-20-16)13-2-3-13/h4-8,10-11,13H,2-3,9H2,1H3,(H2,20,21,22,23,24,25)/t11-/m0/s1. The van der Waals surface area contributed by atoms with E-state index in [1.54, 1.807) is 12.1 Å². The van der Waals surface area contributed by atoms with Gasteiger partial charge in [-0.05, 0) is 55.0 Å². The number of benzene rings is 1. The maximum atomic E-state index is 13.0. The maximum absolute atomic E-state index is 13.0. The summed E-state index contributed by atoms with van der Waals surface area (Å²) < 4.78 is 13.0. The Morgan fingerprint density at radius 2 is 1.88 bits per heavy atom. The second kappa shape index (κ2) is 6.58. The van der Waals surface area contributed by atoms with Gasteiger partial charge in [-0.1, -0.05) is 12.1 Å². The summed E-state index contributed by atoms with van der Waals surface area (Å²) in [5.74, 6) is 2.18. The van der Waals surface area contributed by atoms with Gasteiger partial charge in [0.15, 0.2) is 0 Å². The zero-order valence-electron chi connectivity index (χ0n) is 13.9. The lowest BCUT2D eigenvalue weighted by Crippen LogP contribution is -2.14. The van der Waals surface area contributed by atoms with Gasteiger partial charge in [0.1, 0.15) is 18.0 Å². The topological polar surface area (TPSA) is 75.1 Å². The van der Waals surface area contributed by atoms with E-state index in [1.807, 2.05) is 6.92 Å². The van der Waals surface area contributed by atoms with Crippen LogP contribution in [0.25, 0.3) is 0 Å². The lowest BCUT2D eigenvalue weighted by molar-refractivity contribution is 0.626. The highest BCUT2D eigenvalue weighted by Gasteiger charge is 2.28. The van der Waals surface area contributed by atoms with Gasteiger partial charge in [-0.2, -0.15) is 4.98 Å². The molecule has 1 saturated carbocycles. The number of anilines is 2. The van der Waals surface area contributed by atoms with Crippen molar-refractivity contribution in [3.8, 4) is 0 Å². The number of hydrogen-bond acceptors (Lipinski definition) is 6. The first kappa shape index (κ1) is 15.7. The molecule has 1 aromatic heterocycles. The van der Waals surface area contributed by atoms with E-state index in [2.05, 4.69) is 36.7 Å². The molecule has 4 rings (SSSR count). The van der Waals surface area contributed by atoms with Crippen molar-refractivity contribution in [1.29, 1.82) is 0 Å². The van der Waals surface area contributed by atoms with Crippen LogP contribution in [0.1, 0.15) is 31.4 Å². The van der Waals surface area contributed by atoms with E-state index < -0.39 is 0 Å². The van der Waals surface area contributed by atoms with Gasteiger partial charge in [0.2, 0.25) is 11.9 Å². The summed E-state index contributed by atoms with van der Waals surface area (Å²) in [6.07, 6.45) is 6.09. The SMILES string of the molecule is C[C@H](Nc1ncnc(NC2=NCC(C3CC3)=C2)n1)c1ccc(F)cc1. The number of hydrogen-bond donors (Lipinski definition) is 2. The van der Waals surface area contributed by atoms with Crippen LogP contribution >= 0.6 is 0 Å². The van der Waals surface area contributed by atoms with Crippen LogP contribution in [0.2, 0.25) is 0 Å². The molecule has 6 nitrogen and oxygen atoms in total. The van der Waals surface area contributed by atoms with Crippen LogP contribution in [-0.4, -0.2) is 27.3 Å². The number of rotatable bonds is 5. The van der Waals surface area contributed by atoms with Gasteiger partial charge >= 0.3 is 0 Å². The summed E-state index contributed by atoms with van der Waals surface area (Å²) in [6.45, 7) is 2.74. The summed E-state index contributed by atoms with van der Waals surface area (Å²) >= 11 is 0. The van der Waals surface area contributed by atoms with Crippen LogP contribution in [0.3, 0.4) is 0 Å². The van der Waals surface area contributed by atoms with Gasteiger partial charge in [0.05, 0.1) is 12.6 Å². The molecule has 2 aliphatic rings. The Kier molecular flexibility index (Phi) is 4.13.